The zero-order valence-corrected chi connectivity index (χ0v) is 12.3. The van der Waals surface area contributed by atoms with Crippen LogP contribution >= 0.6 is 7.82 Å². The van der Waals surface area contributed by atoms with E-state index >= 15 is 0 Å². The maximum absolute atomic E-state index is 12.8. The van der Waals surface area contributed by atoms with E-state index in [2.05, 4.69) is 0 Å². The summed E-state index contributed by atoms with van der Waals surface area (Å²) >= 11 is 0. The first kappa shape index (κ1) is 14.8. The highest BCUT2D eigenvalue weighted by molar-refractivity contribution is 7.48. The molecule has 2 aromatic carbocycles. The van der Waals surface area contributed by atoms with Crippen molar-refractivity contribution in [2.45, 2.75) is 12.8 Å². The summed E-state index contributed by atoms with van der Waals surface area (Å²) in [5.41, 5.74) is 1.10. The molecule has 5 nitrogen and oxygen atoms in total. The standard InChI is InChI=1S/C15H12FO5P/c16-10-4-6-11(7-5-10)20-22(18,19)21-15-3-1-2-12-13(15)8-9-14(12)17/h1-7H,8-9H2,(H,18,19). The Kier molecular flexibility index (Phi) is 3.72. The highest BCUT2D eigenvalue weighted by Gasteiger charge is 2.29. The van der Waals surface area contributed by atoms with E-state index in [-0.39, 0.29) is 17.3 Å². The maximum atomic E-state index is 12.8. The summed E-state index contributed by atoms with van der Waals surface area (Å²) in [4.78, 5) is 21.5. The number of ketones is 1. The predicted molar refractivity (Wildman–Crippen MR) is 76.6 cm³/mol. The van der Waals surface area contributed by atoms with Gasteiger partial charge in [0.2, 0.25) is 0 Å². The Hall–Kier alpha value is -2.17. The lowest BCUT2D eigenvalue weighted by Crippen LogP contribution is -2.02. The van der Waals surface area contributed by atoms with Gasteiger partial charge in [0.1, 0.15) is 17.3 Å². The summed E-state index contributed by atoms with van der Waals surface area (Å²) in [5, 5.41) is 0. The van der Waals surface area contributed by atoms with E-state index in [4.69, 9.17) is 9.05 Å². The molecular formula is C15H12FO5P. The number of benzene rings is 2. The van der Waals surface area contributed by atoms with Crippen molar-refractivity contribution in [3.63, 3.8) is 0 Å². The Bertz CT molecular complexity index is 772. The molecule has 0 saturated heterocycles. The van der Waals surface area contributed by atoms with Gasteiger partial charge in [-0.05, 0) is 36.8 Å². The van der Waals surface area contributed by atoms with E-state index in [9.17, 15) is 18.6 Å². The van der Waals surface area contributed by atoms with Gasteiger partial charge >= 0.3 is 7.82 Å². The Balaban J connectivity index is 1.82. The third kappa shape index (κ3) is 3.03. The molecule has 2 aromatic rings. The van der Waals surface area contributed by atoms with Crippen molar-refractivity contribution in [3.05, 3.63) is 59.4 Å². The highest BCUT2D eigenvalue weighted by Crippen LogP contribution is 2.46. The van der Waals surface area contributed by atoms with Crippen LogP contribution in [0.5, 0.6) is 11.5 Å². The monoisotopic (exact) mass is 322 g/mol. The second-order valence-electron chi connectivity index (χ2n) is 4.81. The second kappa shape index (κ2) is 5.55. The van der Waals surface area contributed by atoms with Gasteiger partial charge in [0.15, 0.2) is 5.78 Å². The van der Waals surface area contributed by atoms with Crippen LogP contribution in [0.15, 0.2) is 42.5 Å². The van der Waals surface area contributed by atoms with Crippen molar-refractivity contribution in [3.8, 4) is 11.5 Å². The Morgan fingerprint density at radius 1 is 1.05 bits per heavy atom. The fourth-order valence-electron chi connectivity index (χ4n) is 2.32. The molecule has 0 aliphatic heterocycles. The molecule has 7 heteroatoms. The van der Waals surface area contributed by atoms with Gasteiger partial charge in [0.05, 0.1) is 0 Å². The highest BCUT2D eigenvalue weighted by atomic mass is 31.2. The van der Waals surface area contributed by atoms with Crippen LogP contribution < -0.4 is 9.05 Å². The number of hydrogen-bond acceptors (Lipinski definition) is 4. The van der Waals surface area contributed by atoms with Crippen LogP contribution in [0.1, 0.15) is 22.3 Å². The summed E-state index contributed by atoms with van der Waals surface area (Å²) in [7, 11) is -4.44. The number of carbonyl (C=O) groups excluding carboxylic acids is 1. The minimum absolute atomic E-state index is 0.0101. The molecule has 3 rings (SSSR count). The average molecular weight is 322 g/mol. The average Bonchev–Trinajstić information content (AvgIpc) is 2.84. The number of fused-ring (bicyclic) bond motifs is 1. The van der Waals surface area contributed by atoms with Crippen molar-refractivity contribution < 1.29 is 27.7 Å². The van der Waals surface area contributed by atoms with E-state index < -0.39 is 13.6 Å². The molecule has 1 unspecified atom stereocenters. The predicted octanol–water partition coefficient (Wildman–Crippen LogP) is 3.51. The van der Waals surface area contributed by atoms with Crippen molar-refractivity contribution >= 4 is 13.6 Å². The molecule has 1 atom stereocenters. The normalized spacial score (nSPS) is 16.0. The van der Waals surface area contributed by atoms with Gasteiger partial charge in [0, 0.05) is 17.5 Å². The minimum Gasteiger partial charge on any atom is -0.395 e. The molecule has 0 heterocycles. The Morgan fingerprint density at radius 2 is 1.77 bits per heavy atom. The number of rotatable bonds is 4. The Labute approximate surface area is 125 Å². The first-order valence-corrected chi connectivity index (χ1v) is 8.07. The lowest BCUT2D eigenvalue weighted by molar-refractivity contribution is 0.0994. The molecule has 0 radical (unpaired) electrons. The fraction of sp³-hybridized carbons (Fsp3) is 0.133. The fourth-order valence-corrected chi connectivity index (χ4v) is 3.16. The lowest BCUT2D eigenvalue weighted by Gasteiger charge is -2.15. The molecule has 1 aliphatic carbocycles. The molecule has 0 aromatic heterocycles. The van der Waals surface area contributed by atoms with E-state index in [1.165, 1.54) is 18.2 Å². The largest absolute Gasteiger partial charge is 0.584 e. The summed E-state index contributed by atoms with van der Waals surface area (Å²) in [6, 6.07) is 9.40. The smallest absolute Gasteiger partial charge is 0.395 e. The SMILES string of the molecule is O=C1CCc2c(OP(=O)(O)Oc3ccc(F)cc3)cccc21. The number of halogens is 1. The van der Waals surface area contributed by atoms with Crippen LogP contribution in [-0.2, 0) is 11.0 Å². The van der Waals surface area contributed by atoms with Crippen LogP contribution in [0, 0.1) is 5.82 Å². The maximum Gasteiger partial charge on any atom is 0.584 e. The van der Waals surface area contributed by atoms with Gasteiger partial charge in [-0.15, -0.1) is 0 Å². The number of hydrogen-bond donors (Lipinski definition) is 1. The van der Waals surface area contributed by atoms with Crippen molar-refractivity contribution in [2.75, 3.05) is 0 Å². The Morgan fingerprint density at radius 3 is 2.50 bits per heavy atom. The van der Waals surface area contributed by atoms with Gasteiger partial charge in [-0.3, -0.25) is 9.69 Å². The molecule has 1 N–H and O–H groups in total. The second-order valence-corrected chi connectivity index (χ2v) is 6.11. The molecular weight excluding hydrogens is 310 g/mol. The molecule has 0 fully saturated rings. The third-order valence-electron chi connectivity index (χ3n) is 3.28. The van der Waals surface area contributed by atoms with E-state index in [1.54, 1.807) is 12.1 Å². The molecule has 22 heavy (non-hydrogen) atoms. The summed E-state index contributed by atoms with van der Waals surface area (Å²) in [6.45, 7) is 0. The van der Waals surface area contributed by atoms with Crippen LogP contribution in [0.2, 0.25) is 0 Å². The quantitative estimate of drug-likeness (QED) is 0.872. The summed E-state index contributed by atoms with van der Waals surface area (Å²) in [6.07, 6.45) is 0.811. The lowest BCUT2D eigenvalue weighted by atomic mass is 10.1. The summed E-state index contributed by atoms with van der Waals surface area (Å²) in [5.74, 6) is -0.347. The van der Waals surface area contributed by atoms with Gasteiger partial charge in [0.25, 0.3) is 0 Å². The zero-order chi connectivity index (χ0) is 15.7. The van der Waals surface area contributed by atoms with Gasteiger partial charge in [-0.25, -0.2) is 8.96 Å². The van der Waals surface area contributed by atoms with Crippen molar-refractivity contribution in [1.29, 1.82) is 0 Å². The molecule has 0 spiro atoms. The topological polar surface area (TPSA) is 72.8 Å². The summed E-state index contributed by atoms with van der Waals surface area (Å²) < 4.78 is 34.8. The van der Waals surface area contributed by atoms with Gasteiger partial charge in [-0.2, -0.15) is 0 Å². The van der Waals surface area contributed by atoms with E-state index in [0.717, 1.165) is 12.1 Å². The van der Waals surface area contributed by atoms with Crippen LogP contribution in [0.25, 0.3) is 0 Å². The van der Waals surface area contributed by atoms with Crippen LogP contribution in [0.4, 0.5) is 4.39 Å². The van der Waals surface area contributed by atoms with Crippen molar-refractivity contribution in [1.82, 2.24) is 0 Å². The van der Waals surface area contributed by atoms with Crippen molar-refractivity contribution in [2.24, 2.45) is 0 Å². The van der Waals surface area contributed by atoms with Gasteiger partial charge < -0.3 is 9.05 Å². The van der Waals surface area contributed by atoms with Gasteiger partial charge in [-0.1, -0.05) is 12.1 Å². The number of Topliss-reactive ketones (excluding diaryl/α,β-unsaturated/α-hetero) is 1. The van der Waals surface area contributed by atoms with E-state index in [1.807, 2.05) is 0 Å². The first-order chi connectivity index (χ1) is 10.4. The molecule has 0 saturated carbocycles. The number of phosphoric ester groups is 1. The first-order valence-electron chi connectivity index (χ1n) is 6.57. The van der Waals surface area contributed by atoms with Crippen LogP contribution in [0.3, 0.4) is 0 Å². The molecule has 114 valence electrons. The number of carbonyl (C=O) groups is 1. The minimum atomic E-state index is -4.44. The van der Waals surface area contributed by atoms with Crippen LogP contribution in [-0.4, -0.2) is 10.7 Å². The third-order valence-corrected chi connectivity index (χ3v) is 4.15. The molecule has 0 amide bonds. The number of phosphoric acid groups is 1. The molecule has 0 bridgehead atoms. The molecule has 1 aliphatic rings. The zero-order valence-electron chi connectivity index (χ0n) is 11.4. The van der Waals surface area contributed by atoms with E-state index in [0.29, 0.717) is 24.0 Å².